The first kappa shape index (κ1) is 28.1. The van der Waals surface area contributed by atoms with E-state index in [0.29, 0.717) is 10.7 Å². The van der Waals surface area contributed by atoms with Crippen LogP contribution in [0.25, 0.3) is 0 Å². The Morgan fingerprint density at radius 1 is 0.944 bits per heavy atom. The van der Waals surface area contributed by atoms with Crippen molar-refractivity contribution in [3.8, 4) is 5.75 Å². The summed E-state index contributed by atoms with van der Waals surface area (Å²) in [5.74, 6) is 1.43. The molecule has 0 N–H and O–H groups in total. The van der Waals surface area contributed by atoms with E-state index in [2.05, 4.69) is 23.6 Å². The van der Waals surface area contributed by atoms with Crippen LogP contribution < -0.4 is 20.9 Å². The predicted molar refractivity (Wildman–Crippen MR) is 144 cm³/mol. The molecule has 2 heterocycles. The van der Waals surface area contributed by atoms with E-state index in [-0.39, 0.29) is 28.9 Å². The van der Waals surface area contributed by atoms with Crippen molar-refractivity contribution >= 4 is 16.9 Å². The zero-order valence-corrected chi connectivity index (χ0v) is 23.3. The third-order valence-corrected chi connectivity index (χ3v) is 7.43. The maximum Gasteiger partial charge on any atom is 0.333 e. The molecule has 0 bridgehead atoms. The fourth-order valence-electron chi connectivity index (χ4n) is 4.48. The van der Waals surface area contributed by atoms with Gasteiger partial charge in [0.05, 0.1) is 12.0 Å². The zero-order chi connectivity index (χ0) is 26.6. The fraction of sp³-hybridized carbons (Fsp3) is 0.615. The largest absolute Gasteiger partial charge is 0.488 e. The normalized spacial score (nSPS) is 16.1. The van der Waals surface area contributed by atoms with Gasteiger partial charge in [0.25, 0.3) is 5.56 Å². The Balaban J connectivity index is 1.60. The molecule has 0 radical (unpaired) electrons. The first-order valence-corrected chi connectivity index (χ1v) is 13.6. The van der Waals surface area contributed by atoms with Gasteiger partial charge in [-0.2, -0.15) is 0 Å². The maximum atomic E-state index is 13.1. The van der Waals surface area contributed by atoms with Gasteiger partial charge in [-0.15, -0.1) is 0 Å². The van der Waals surface area contributed by atoms with E-state index < -0.39 is 11.1 Å². The van der Waals surface area contributed by atoms with Gasteiger partial charge < -0.3 is 9.64 Å². The minimum atomic E-state index is -1.46. The molecule has 0 spiro atoms. The zero-order valence-electron chi connectivity index (χ0n) is 22.5. The predicted octanol–water partition coefficient (Wildman–Crippen LogP) is 3.21. The quantitative estimate of drug-likeness (QED) is 0.476. The van der Waals surface area contributed by atoms with Gasteiger partial charge in [-0.05, 0) is 72.2 Å². The Labute approximate surface area is 216 Å². The summed E-state index contributed by atoms with van der Waals surface area (Å²) < 4.78 is 25.8. The minimum absolute atomic E-state index is 0.0439. The van der Waals surface area contributed by atoms with Crippen LogP contribution in [0.1, 0.15) is 60.0 Å². The molecule has 1 aliphatic heterocycles. The van der Waals surface area contributed by atoms with Crippen LogP contribution in [-0.4, -0.2) is 63.7 Å². The Kier molecular flexibility index (Phi) is 9.18. The van der Waals surface area contributed by atoms with Gasteiger partial charge in [-0.1, -0.05) is 0 Å². The highest BCUT2D eigenvalue weighted by Crippen LogP contribution is 2.24. The highest BCUT2D eigenvalue weighted by atomic mass is 32.2. The lowest BCUT2D eigenvalue weighted by molar-refractivity contribution is 0.0820. The molecular formula is C26H40N4O5S. The summed E-state index contributed by atoms with van der Waals surface area (Å²) in [5.41, 5.74) is -0.867. The lowest BCUT2D eigenvalue weighted by Crippen LogP contribution is -2.51. The van der Waals surface area contributed by atoms with Crippen molar-refractivity contribution in [3.05, 3.63) is 51.2 Å². The van der Waals surface area contributed by atoms with Gasteiger partial charge in [0, 0.05) is 50.9 Å². The number of nitrogens with zero attached hydrogens (tertiary/aromatic N) is 4. The summed E-state index contributed by atoms with van der Waals surface area (Å²) in [4.78, 5) is 30.9. The van der Waals surface area contributed by atoms with Crippen LogP contribution >= 0.6 is 0 Å². The topological polar surface area (TPSA) is 86.0 Å². The summed E-state index contributed by atoms with van der Waals surface area (Å²) in [6, 6.07) is 8.52. The molecule has 1 aliphatic rings. The molecule has 1 saturated heterocycles. The number of aromatic nitrogens is 2. The van der Waals surface area contributed by atoms with Crippen LogP contribution in [0, 0.1) is 0 Å². The van der Waals surface area contributed by atoms with Crippen LogP contribution in [0.5, 0.6) is 5.75 Å². The van der Waals surface area contributed by atoms with Crippen molar-refractivity contribution in [2.24, 2.45) is 0 Å². The summed E-state index contributed by atoms with van der Waals surface area (Å²) >= 11 is -1.46. The Morgan fingerprint density at radius 2 is 1.53 bits per heavy atom. The van der Waals surface area contributed by atoms with E-state index in [0.717, 1.165) is 44.9 Å². The fourth-order valence-corrected chi connectivity index (χ4v) is 5.03. The molecule has 36 heavy (non-hydrogen) atoms. The number of hydrogen-bond acceptors (Lipinski definition) is 7. The van der Waals surface area contributed by atoms with Gasteiger partial charge in [0.1, 0.15) is 17.2 Å². The highest BCUT2D eigenvalue weighted by molar-refractivity contribution is 7.80. The molecule has 0 saturated carbocycles. The minimum Gasteiger partial charge on any atom is -0.488 e. The molecule has 2 aromatic rings. The van der Waals surface area contributed by atoms with E-state index in [1.54, 1.807) is 22.8 Å². The van der Waals surface area contributed by atoms with Crippen LogP contribution in [0.15, 0.2) is 44.8 Å². The third kappa shape index (κ3) is 6.66. The second kappa shape index (κ2) is 11.7. The number of piperazine rings is 1. The summed E-state index contributed by atoms with van der Waals surface area (Å²) in [6.45, 7) is 15.8. The molecule has 1 atom stereocenters. The van der Waals surface area contributed by atoms with E-state index in [1.807, 2.05) is 39.8 Å². The van der Waals surface area contributed by atoms with Crippen molar-refractivity contribution in [3.63, 3.8) is 0 Å². The van der Waals surface area contributed by atoms with Crippen LogP contribution in [0.4, 0.5) is 5.82 Å². The van der Waals surface area contributed by atoms with Gasteiger partial charge in [0.2, 0.25) is 0 Å². The summed E-state index contributed by atoms with van der Waals surface area (Å²) in [7, 11) is 1.41. The lowest BCUT2D eigenvalue weighted by Gasteiger charge is -2.38. The molecule has 200 valence electrons. The van der Waals surface area contributed by atoms with Gasteiger partial charge in [0.15, 0.2) is 11.1 Å². The molecule has 9 nitrogen and oxygen atoms in total. The number of rotatable bonds is 10. The van der Waals surface area contributed by atoms with E-state index in [1.165, 1.54) is 11.7 Å². The van der Waals surface area contributed by atoms with Gasteiger partial charge >= 0.3 is 5.69 Å². The first-order valence-electron chi connectivity index (χ1n) is 12.5. The first-order chi connectivity index (χ1) is 16.9. The SMILES string of the molecule is COS(=O)c1ccc(OC(C)(C)CCN2CCN(c3cc(=O)n(C(C)C)c(=O)n3C(C)C)CC2)cc1. The van der Waals surface area contributed by atoms with Crippen LogP contribution in [0.3, 0.4) is 0 Å². The number of ether oxygens (including phenoxy) is 1. The Bertz CT molecular complexity index is 1160. The smallest absolute Gasteiger partial charge is 0.333 e. The van der Waals surface area contributed by atoms with Crippen molar-refractivity contribution < 1.29 is 13.1 Å². The molecule has 0 aliphatic carbocycles. The van der Waals surface area contributed by atoms with Gasteiger partial charge in [-0.25, -0.2) is 9.00 Å². The van der Waals surface area contributed by atoms with E-state index in [9.17, 15) is 13.8 Å². The molecular weight excluding hydrogens is 480 g/mol. The molecule has 1 aromatic heterocycles. The van der Waals surface area contributed by atoms with E-state index in [4.69, 9.17) is 8.92 Å². The standard InChI is InChI=1S/C26H40N4O5S/c1-19(2)29-23(18-24(31)30(20(3)4)25(29)32)28-16-14-27(15-17-28)13-12-26(5,6)35-21-8-10-22(11-9-21)36(33)34-7/h8-11,18-20H,12-17H2,1-7H3. The third-order valence-electron chi connectivity index (χ3n) is 6.47. The highest BCUT2D eigenvalue weighted by Gasteiger charge is 2.26. The maximum absolute atomic E-state index is 13.1. The number of hydrogen-bond donors (Lipinski definition) is 0. The summed E-state index contributed by atoms with van der Waals surface area (Å²) in [5, 5.41) is 0. The Hall–Kier alpha value is -2.43. The molecule has 1 unspecified atom stereocenters. The monoisotopic (exact) mass is 520 g/mol. The second-order valence-corrected chi connectivity index (χ2v) is 11.6. The molecule has 3 rings (SSSR count). The molecule has 0 amide bonds. The molecule has 1 fully saturated rings. The summed E-state index contributed by atoms with van der Waals surface area (Å²) in [6.07, 6.45) is 0.833. The average molecular weight is 521 g/mol. The van der Waals surface area contributed by atoms with Crippen LogP contribution in [-0.2, 0) is 15.3 Å². The van der Waals surface area contributed by atoms with E-state index >= 15 is 0 Å². The number of benzene rings is 1. The lowest BCUT2D eigenvalue weighted by atomic mass is 10.0. The van der Waals surface area contributed by atoms with Crippen molar-refractivity contribution in [1.82, 2.24) is 14.0 Å². The molecule has 10 heteroatoms. The van der Waals surface area contributed by atoms with Crippen LogP contribution in [0.2, 0.25) is 0 Å². The molecule has 1 aromatic carbocycles. The Morgan fingerprint density at radius 3 is 2.06 bits per heavy atom. The second-order valence-electron chi connectivity index (χ2n) is 10.4. The average Bonchev–Trinajstić information content (AvgIpc) is 2.82. The number of anilines is 1. The van der Waals surface area contributed by atoms with Crippen molar-refractivity contribution in [1.29, 1.82) is 0 Å². The van der Waals surface area contributed by atoms with Gasteiger partial charge in [-0.3, -0.25) is 23.0 Å². The van der Waals surface area contributed by atoms with Crippen molar-refractivity contribution in [2.45, 2.75) is 70.5 Å². The van der Waals surface area contributed by atoms with Crippen molar-refractivity contribution in [2.75, 3.05) is 44.7 Å².